The normalized spacial score (nSPS) is 19.8. The molecule has 5 rings (SSSR count). The minimum atomic E-state index is -3.67. The number of sulfonamides is 1. The molecule has 0 saturated heterocycles. The molecule has 2 aromatic heterocycles. The van der Waals surface area contributed by atoms with Gasteiger partial charge >= 0.3 is 0 Å². The van der Waals surface area contributed by atoms with Gasteiger partial charge in [0.05, 0.1) is 23.5 Å². The highest BCUT2D eigenvalue weighted by Gasteiger charge is 2.35. The molecule has 7 nitrogen and oxygen atoms in total. The number of nitrogens with one attached hydrogen (secondary N) is 1. The number of hydrogen-bond donors (Lipinski definition) is 1. The van der Waals surface area contributed by atoms with Gasteiger partial charge in [0.2, 0.25) is 10.0 Å². The van der Waals surface area contributed by atoms with Gasteiger partial charge in [-0.05, 0) is 48.9 Å². The summed E-state index contributed by atoms with van der Waals surface area (Å²) in [6.07, 6.45) is 14.1. The standard InChI is InChI=1S/C26H33N5O2S/c1-20-14-27-13-12-26(20)34(32,33)30-16-22-8-4-5-9-25(22)31(17-23-15-28-19-29-23)24(18-30)11-10-21-6-2-3-7-21/h4-5,8-9,12-15,19,21,24H,2-3,6-7,10-11,16-18H2,1H3,(H,28,29). The summed E-state index contributed by atoms with van der Waals surface area (Å²) < 4.78 is 29.4. The predicted molar refractivity (Wildman–Crippen MR) is 133 cm³/mol. The molecular weight excluding hydrogens is 446 g/mol. The lowest BCUT2D eigenvalue weighted by Gasteiger charge is -2.34. The molecule has 1 aliphatic carbocycles. The molecule has 0 amide bonds. The fourth-order valence-corrected chi connectivity index (χ4v) is 7.17. The Morgan fingerprint density at radius 1 is 1.06 bits per heavy atom. The third kappa shape index (κ3) is 4.74. The van der Waals surface area contributed by atoms with Crippen molar-refractivity contribution in [1.29, 1.82) is 0 Å². The van der Waals surface area contributed by atoms with Crippen LogP contribution in [0.5, 0.6) is 0 Å². The van der Waals surface area contributed by atoms with Crippen LogP contribution in [0.1, 0.15) is 55.3 Å². The van der Waals surface area contributed by atoms with E-state index in [1.165, 1.54) is 25.7 Å². The van der Waals surface area contributed by atoms with Gasteiger partial charge in [0.15, 0.2) is 0 Å². The summed E-state index contributed by atoms with van der Waals surface area (Å²) in [5.41, 5.74) is 3.84. The minimum Gasteiger partial charge on any atom is -0.361 e. The number of anilines is 1. The first-order chi connectivity index (χ1) is 16.5. The van der Waals surface area contributed by atoms with Gasteiger partial charge in [-0.25, -0.2) is 13.4 Å². The number of imidazole rings is 1. The molecule has 3 heterocycles. The van der Waals surface area contributed by atoms with Crippen molar-refractivity contribution >= 4 is 15.7 Å². The Hall–Kier alpha value is -2.71. The molecule has 1 aliphatic heterocycles. The Balaban J connectivity index is 1.53. The molecule has 1 fully saturated rings. The van der Waals surface area contributed by atoms with Crippen molar-refractivity contribution in [2.45, 2.75) is 69.5 Å². The molecule has 8 heteroatoms. The van der Waals surface area contributed by atoms with Gasteiger partial charge in [-0.3, -0.25) is 4.98 Å². The van der Waals surface area contributed by atoms with Crippen molar-refractivity contribution in [2.75, 3.05) is 11.4 Å². The fourth-order valence-electron chi connectivity index (χ4n) is 5.53. The van der Waals surface area contributed by atoms with E-state index in [1.54, 1.807) is 29.1 Å². The predicted octanol–water partition coefficient (Wildman–Crippen LogP) is 4.66. The highest BCUT2D eigenvalue weighted by Crippen LogP contribution is 2.36. The highest BCUT2D eigenvalue weighted by atomic mass is 32.2. The maximum Gasteiger partial charge on any atom is 0.243 e. The summed E-state index contributed by atoms with van der Waals surface area (Å²) in [4.78, 5) is 14.3. The Morgan fingerprint density at radius 3 is 2.65 bits per heavy atom. The first-order valence-corrected chi connectivity index (χ1v) is 13.7. The van der Waals surface area contributed by atoms with E-state index in [1.807, 2.05) is 25.3 Å². The van der Waals surface area contributed by atoms with Crippen LogP contribution in [0.15, 0.2) is 60.1 Å². The largest absolute Gasteiger partial charge is 0.361 e. The third-order valence-electron chi connectivity index (χ3n) is 7.37. The first kappa shape index (κ1) is 23.1. The van der Waals surface area contributed by atoms with E-state index in [0.29, 0.717) is 30.1 Å². The maximum atomic E-state index is 13.9. The number of pyridine rings is 1. The van der Waals surface area contributed by atoms with Crippen LogP contribution in [0.25, 0.3) is 0 Å². The summed E-state index contributed by atoms with van der Waals surface area (Å²) >= 11 is 0. The number of H-pyrrole nitrogens is 1. The van der Waals surface area contributed by atoms with Crippen LogP contribution in [-0.4, -0.2) is 40.3 Å². The third-order valence-corrected chi connectivity index (χ3v) is 9.34. The molecule has 1 unspecified atom stereocenters. The lowest BCUT2D eigenvalue weighted by molar-refractivity contribution is 0.350. The Kier molecular flexibility index (Phi) is 6.70. The lowest BCUT2D eigenvalue weighted by Crippen LogP contribution is -2.43. The maximum absolute atomic E-state index is 13.9. The number of nitrogens with zero attached hydrogens (tertiary/aromatic N) is 4. The molecule has 0 spiro atoms. The summed E-state index contributed by atoms with van der Waals surface area (Å²) in [5.74, 6) is 0.750. The number of rotatable bonds is 7. The van der Waals surface area contributed by atoms with Gasteiger partial charge in [0, 0.05) is 43.4 Å². The van der Waals surface area contributed by atoms with Gasteiger partial charge in [0.1, 0.15) is 0 Å². The zero-order valence-corrected chi connectivity index (χ0v) is 20.5. The average molecular weight is 480 g/mol. The molecule has 0 radical (unpaired) electrons. The zero-order chi connectivity index (χ0) is 23.5. The van der Waals surface area contributed by atoms with Crippen LogP contribution in [0.3, 0.4) is 0 Å². The van der Waals surface area contributed by atoms with E-state index in [2.05, 4.69) is 32.0 Å². The van der Waals surface area contributed by atoms with Crippen molar-refractivity contribution in [2.24, 2.45) is 5.92 Å². The van der Waals surface area contributed by atoms with Gasteiger partial charge in [-0.2, -0.15) is 4.31 Å². The second kappa shape index (κ2) is 9.88. The second-order valence-electron chi connectivity index (χ2n) is 9.65. The van der Waals surface area contributed by atoms with E-state index >= 15 is 0 Å². The number of benzene rings is 1. The monoisotopic (exact) mass is 479 g/mol. The van der Waals surface area contributed by atoms with Crippen molar-refractivity contribution in [3.05, 3.63) is 72.1 Å². The number of fused-ring (bicyclic) bond motifs is 1. The molecule has 1 saturated carbocycles. The summed E-state index contributed by atoms with van der Waals surface area (Å²) in [5, 5.41) is 0. The van der Waals surface area contributed by atoms with Crippen LogP contribution in [0.4, 0.5) is 5.69 Å². The molecule has 180 valence electrons. The SMILES string of the molecule is Cc1cnccc1S(=O)(=O)N1Cc2ccccc2N(Cc2cnc[nH]2)C(CCC2CCCC2)C1. The summed E-state index contributed by atoms with van der Waals surface area (Å²) in [6.45, 7) is 3.31. The molecule has 1 N–H and O–H groups in total. The first-order valence-electron chi connectivity index (χ1n) is 12.2. The molecule has 34 heavy (non-hydrogen) atoms. The molecular formula is C26H33N5O2S. The van der Waals surface area contributed by atoms with E-state index < -0.39 is 10.0 Å². The quantitative estimate of drug-likeness (QED) is 0.533. The Bertz CT molecular complexity index is 1210. The van der Waals surface area contributed by atoms with Crippen molar-refractivity contribution < 1.29 is 8.42 Å². The number of aromatic nitrogens is 3. The van der Waals surface area contributed by atoms with E-state index in [9.17, 15) is 8.42 Å². The average Bonchev–Trinajstić information content (AvgIpc) is 3.52. The Morgan fingerprint density at radius 2 is 1.88 bits per heavy atom. The van der Waals surface area contributed by atoms with Gasteiger partial charge in [-0.1, -0.05) is 43.9 Å². The minimum absolute atomic E-state index is 0.0736. The van der Waals surface area contributed by atoms with Crippen molar-refractivity contribution in [1.82, 2.24) is 19.3 Å². The van der Waals surface area contributed by atoms with Crippen LogP contribution in [0, 0.1) is 12.8 Å². The highest BCUT2D eigenvalue weighted by molar-refractivity contribution is 7.89. The molecule has 0 bridgehead atoms. The number of para-hydroxylation sites is 1. The van der Waals surface area contributed by atoms with Gasteiger partial charge < -0.3 is 9.88 Å². The lowest BCUT2D eigenvalue weighted by atomic mass is 9.97. The second-order valence-corrected chi connectivity index (χ2v) is 11.6. The molecule has 2 aliphatic rings. The van der Waals surface area contributed by atoms with Crippen LogP contribution in [0.2, 0.25) is 0 Å². The van der Waals surface area contributed by atoms with Crippen LogP contribution < -0.4 is 4.90 Å². The zero-order valence-electron chi connectivity index (χ0n) is 19.7. The number of aryl methyl sites for hydroxylation is 1. The van der Waals surface area contributed by atoms with E-state index in [-0.39, 0.29) is 6.04 Å². The van der Waals surface area contributed by atoms with Crippen LogP contribution in [-0.2, 0) is 23.1 Å². The topological polar surface area (TPSA) is 82.2 Å². The summed E-state index contributed by atoms with van der Waals surface area (Å²) in [7, 11) is -3.67. The molecule has 3 aromatic rings. The molecule has 1 aromatic carbocycles. The molecule has 1 atom stereocenters. The smallest absolute Gasteiger partial charge is 0.243 e. The number of hydrogen-bond acceptors (Lipinski definition) is 5. The fraction of sp³-hybridized carbons (Fsp3) is 0.462. The number of aromatic amines is 1. The van der Waals surface area contributed by atoms with Crippen molar-refractivity contribution in [3.8, 4) is 0 Å². The van der Waals surface area contributed by atoms with Gasteiger partial charge in [0.25, 0.3) is 0 Å². The van der Waals surface area contributed by atoms with E-state index in [4.69, 9.17) is 0 Å². The van der Waals surface area contributed by atoms with Gasteiger partial charge in [-0.15, -0.1) is 0 Å². The Labute approximate surface area is 202 Å². The summed E-state index contributed by atoms with van der Waals surface area (Å²) in [6, 6.07) is 9.92. The van der Waals surface area contributed by atoms with Crippen LogP contribution >= 0.6 is 0 Å². The van der Waals surface area contributed by atoms with Crippen molar-refractivity contribution in [3.63, 3.8) is 0 Å². The van der Waals surface area contributed by atoms with E-state index in [0.717, 1.165) is 35.7 Å².